The van der Waals surface area contributed by atoms with Crippen LogP contribution >= 0.6 is 43.6 Å². The molecule has 4 heterocycles. The molecule has 0 aliphatic heterocycles. The van der Waals surface area contributed by atoms with Gasteiger partial charge in [0, 0.05) is 29.4 Å². The van der Waals surface area contributed by atoms with Crippen molar-refractivity contribution in [2.75, 3.05) is 12.5 Å². The zero-order valence-corrected chi connectivity index (χ0v) is 27.8. The maximum atomic E-state index is 12.2. The average molecular weight is 720 g/mol. The lowest BCUT2D eigenvalue weighted by Gasteiger charge is -2.22. The molecule has 0 saturated carbocycles. The van der Waals surface area contributed by atoms with E-state index >= 15 is 0 Å². The van der Waals surface area contributed by atoms with Gasteiger partial charge >= 0.3 is 0 Å². The van der Waals surface area contributed by atoms with Crippen molar-refractivity contribution in [3.63, 3.8) is 0 Å². The number of halogens is 2. The minimum atomic E-state index is -3.58. The first kappa shape index (κ1) is 32.0. The van der Waals surface area contributed by atoms with Crippen LogP contribution in [0.5, 0.6) is 0 Å². The highest BCUT2D eigenvalue weighted by atomic mass is 79.9. The molecule has 0 fully saturated rings. The lowest BCUT2D eigenvalue weighted by atomic mass is 10.2. The van der Waals surface area contributed by atoms with E-state index in [0.29, 0.717) is 20.7 Å². The first-order valence-corrected chi connectivity index (χ1v) is 16.3. The summed E-state index contributed by atoms with van der Waals surface area (Å²) < 4.78 is 26.0. The number of aromatic nitrogens is 6. The highest BCUT2D eigenvalue weighted by Gasteiger charge is 2.21. The van der Waals surface area contributed by atoms with Crippen molar-refractivity contribution < 1.29 is 18.1 Å². The van der Waals surface area contributed by atoms with Crippen LogP contribution in [0.3, 0.4) is 0 Å². The summed E-state index contributed by atoms with van der Waals surface area (Å²) in [4.78, 5) is 52.0. The highest BCUT2D eigenvalue weighted by Crippen LogP contribution is 2.19. The number of nitrogens with zero attached hydrogens (tertiary/aromatic N) is 6. The largest absolute Gasteiger partial charge is 0.403 e. The molecule has 12 nitrogen and oxygen atoms in total. The quantitative estimate of drug-likeness (QED) is 0.225. The summed E-state index contributed by atoms with van der Waals surface area (Å²) in [7, 11) is -3.58. The van der Waals surface area contributed by atoms with Crippen molar-refractivity contribution >= 4 is 75.5 Å². The molecule has 0 N–H and O–H groups in total. The van der Waals surface area contributed by atoms with Gasteiger partial charge in [-0.15, -0.1) is 9.46 Å². The van der Waals surface area contributed by atoms with E-state index < -0.39 is 26.6 Å². The Morgan fingerprint density at radius 2 is 1.23 bits per heavy atom. The van der Waals surface area contributed by atoms with Gasteiger partial charge in [-0.25, -0.2) is 23.4 Å². The number of hydrogen-bond acceptors (Lipinski definition) is 11. The summed E-state index contributed by atoms with van der Waals surface area (Å²) in [6.07, 6.45) is 5.90. The van der Waals surface area contributed by atoms with Gasteiger partial charge in [-0.2, -0.15) is 4.98 Å². The number of hydrogen-bond donors (Lipinski definition) is 0. The molecule has 0 aliphatic rings. The zero-order chi connectivity index (χ0) is 30.2. The molecule has 0 unspecified atom stereocenters. The third-order valence-electron chi connectivity index (χ3n) is 4.52. The van der Waals surface area contributed by atoms with Gasteiger partial charge in [0.25, 0.3) is 11.1 Å². The Morgan fingerprint density at radius 3 is 1.62 bits per heavy atom. The van der Waals surface area contributed by atoms with Crippen LogP contribution in [-0.4, -0.2) is 61.5 Å². The number of fused-ring (bicyclic) bond motifs is 2. The maximum Gasteiger partial charge on any atom is 0.299 e. The molecule has 0 aromatic carbocycles. The van der Waals surface area contributed by atoms with Crippen LogP contribution in [0.2, 0.25) is 0 Å². The monoisotopic (exact) mass is 718 g/mol. The van der Waals surface area contributed by atoms with Crippen LogP contribution in [0.15, 0.2) is 53.4 Å². The second-order valence-electron chi connectivity index (χ2n) is 10.4. The SMILES string of the molecule is CC(C)(C)On1c(=O)c(Br)cc2cnc(S(C)(=O)=O)nc21.CSc1ncc2cc(Br)c(=O)n(OC(C)(C)C)c2n1. The van der Waals surface area contributed by atoms with E-state index in [1.807, 2.05) is 27.0 Å². The van der Waals surface area contributed by atoms with E-state index in [1.54, 1.807) is 33.0 Å². The molecule has 4 aromatic heterocycles. The zero-order valence-electron chi connectivity index (χ0n) is 23.0. The number of rotatable bonds is 4. The minimum absolute atomic E-state index is 0.105. The van der Waals surface area contributed by atoms with Gasteiger partial charge in [0.05, 0.1) is 8.95 Å². The van der Waals surface area contributed by atoms with Crippen LogP contribution in [0.4, 0.5) is 0 Å². The molecule has 0 saturated heterocycles. The second-order valence-corrected chi connectivity index (χ2v) is 14.8. The molecule has 0 amide bonds. The van der Waals surface area contributed by atoms with Crippen LogP contribution in [0.25, 0.3) is 22.1 Å². The Labute approximate surface area is 251 Å². The van der Waals surface area contributed by atoms with Crippen molar-refractivity contribution in [2.24, 2.45) is 0 Å². The van der Waals surface area contributed by atoms with Gasteiger partial charge in [0.2, 0.25) is 15.0 Å². The molecule has 40 heavy (non-hydrogen) atoms. The van der Waals surface area contributed by atoms with E-state index in [1.165, 1.54) is 28.8 Å². The van der Waals surface area contributed by atoms with Crippen LogP contribution in [-0.2, 0) is 9.84 Å². The van der Waals surface area contributed by atoms with E-state index in [4.69, 9.17) is 9.68 Å². The van der Waals surface area contributed by atoms with E-state index in [0.717, 1.165) is 16.4 Å². The third kappa shape index (κ3) is 7.79. The summed E-state index contributed by atoms with van der Waals surface area (Å²) in [5.74, 6) is 0. The van der Waals surface area contributed by atoms with Crippen LogP contribution < -0.4 is 20.8 Å². The molecular weight excluding hydrogens is 692 g/mol. The third-order valence-corrected chi connectivity index (χ3v) is 7.08. The second kappa shape index (κ2) is 11.7. The Kier molecular flexibility index (Phi) is 9.38. The Hall–Kier alpha value is -2.56. The van der Waals surface area contributed by atoms with Crippen molar-refractivity contribution in [1.82, 2.24) is 29.4 Å². The van der Waals surface area contributed by atoms with Crippen molar-refractivity contribution in [3.8, 4) is 0 Å². The molecule has 0 atom stereocenters. The Morgan fingerprint density at radius 1 is 0.800 bits per heavy atom. The van der Waals surface area contributed by atoms with E-state index in [-0.39, 0.29) is 20.8 Å². The molecule has 0 radical (unpaired) electrons. The lowest BCUT2D eigenvalue weighted by Crippen LogP contribution is -2.38. The van der Waals surface area contributed by atoms with Gasteiger partial charge in [-0.3, -0.25) is 9.59 Å². The standard InChI is InChI=1S/C12H14BrN3O4S.C12H14BrN3O2S/c1-12(2,3)20-16-9-7(5-8(13)10(16)17)6-14-11(15-9)21(4,18)19;1-12(2,3)18-16-9-7(5-8(13)10(16)17)6-14-11(15-9)19-4/h5-6H,1-4H3;5-6H,1-4H3. The fourth-order valence-electron chi connectivity index (χ4n) is 3.04. The topological polar surface area (TPSA) is 148 Å². The van der Waals surface area contributed by atoms with Gasteiger partial charge in [-0.1, -0.05) is 11.8 Å². The smallest absolute Gasteiger partial charge is 0.299 e. The van der Waals surface area contributed by atoms with Crippen molar-refractivity contribution in [1.29, 1.82) is 0 Å². The van der Waals surface area contributed by atoms with E-state index in [2.05, 4.69) is 51.8 Å². The van der Waals surface area contributed by atoms with Gasteiger partial charge in [0.1, 0.15) is 11.2 Å². The normalized spacial score (nSPS) is 12.2. The lowest BCUT2D eigenvalue weighted by molar-refractivity contribution is -0.0150. The highest BCUT2D eigenvalue weighted by molar-refractivity contribution is 9.10. The van der Waals surface area contributed by atoms with Crippen molar-refractivity contribution in [3.05, 3.63) is 54.2 Å². The predicted octanol–water partition coefficient (Wildman–Crippen LogP) is 3.69. The van der Waals surface area contributed by atoms with Crippen molar-refractivity contribution in [2.45, 2.75) is 63.1 Å². The molecule has 4 rings (SSSR count). The van der Waals surface area contributed by atoms with Crippen LogP contribution in [0, 0.1) is 0 Å². The summed E-state index contributed by atoms with van der Waals surface area (Å²) in [6, 6.07) is 3.22. The summed E-state index contributed by atoms with van der Waals surface area (Å²) >= 11 is 7.80. The average Bonchev–Trinajstić information content (AvgIpc) is 2.83. The maximum absolute atomic E-state index is 12.2. The molecule has 4 aromatic rings. The fourth-order valence-corrected chi connectivity index (χ4v) is 4.69. The minimum Gasteiger partial charge on any atom is -0.403 e. The van der Waals surface area contributed by atoms with E-state index in [9.17, 15) is 18.0 Å². The number of thioether (sulfide) groups is 1. The first-order chi connectivity index (χ1) is 18.3. The van der Waals surface area contributed by atoms with Gasteiger partial charge in [-0.05, 0) is 91.8 Å². The van der Waals surface area contributed by atoms with Crippen LogP contribution in [0.1, 0.15) is 41.5 Å². The molecule has 0 aliphatic carbocycles. The summed E-state index contributed by atoms with van der Waals surface area (Å²) in [5.41, 5.74) is -1.31. The molecule has 0 spiro atoms. The summed E-state index contributed by atoms with van der Waals surface area (Å²) in [6.45, 7) is 10.9. The Balaban J connectivity index is 0.000000222. The van der Waals surface area contributed by atoms with Gasteiger partial charge < -0.3 is 9.68 Å². The Bertz CT molecular complexity index is 1810. The molecular formula is C24H28Br2N6O6S2. The first-order valence-electron chi connectivity index (χ1n) is 11.6. The molecule has 216 valence electrons. The van der Waals surface area contributed by atoms with Gasteiger partial charge in [0.15, 0.2) is 16.5 Å². The molecule has 0 bridgehead atoms. The predicted molar refractivity (Wildman–Crippen MR) is 161 cm³/mol. The number of sulfone groups is 1. The summed E-state index contributed by atoms with van der Waals surface area (Å²) in [5, 5.41) is 1.47. The number of pyridine rings is 2. The molecule has 16 heteroatoms. The fraction of sp³-hybridized carbons (Fsp3) is 0.417.